The number of carbonyl (C=O) groups excluding carboxylic acids is 1. The van der Waals surface area contributed by atoms with E-state index in [9.17, 15) is 18.3 Å². The minimum Gasteiger partial charge on any atom is -0.492 e. The molecule has 10 heteroatoms. The lowest BCUT2D eigenvalue weighted by atomic mass is 10.1. The third-order valence-electron chi connectivity index (χ3n) is 5.35. The molecule has 0 aliphatic heterocycles. The predicted molar refractivity (Wildman–Crippen MR) is 138 cm³/mol. The monoisotopic (exact) mass is 496 g/mol. The standard InChI is InChI=1S/C25H28N4O5S/c1-16(30)27-18-6-8-21-22-9-7-20(14-24(22)28-23(21)13-18)34-11-10-26-15-25(31)17-4-3-5-19(12-17)29-35(2,32)33/h3-9,12-14,25-26,28-29,31H,10-11,15H2,1-2H3,(H,27,30). The van der Waals surface area contributed by atoms with Crippen molar-refractivity contribution in [2.75, 3.05) is 36.0 Å². The number of ether oxygens (including phenoxy) is 1. The van der Waals surface area contributed by atoms with Crippen molar-refractivity contribution in [3.05, 3.63) is 66.2 Å². The van der Waals surface area contributed by atoms with E-state index < -0.39 is 16.1 Å². The van der Waals surface area contributed by atoms with Crippen LogP contribution in [-0.4, -0.2) is 50.4 Å². The summed E-state index contributed by atoms with van der Waals surface area (Å²) in [4.78, 5) is 14.7. The molecule has 1 atom stereocenters. The number of aromatic amines is 1. The van der Waals surface area contributed by atoms with Gasteiger partial charge in [-0.25, -0.2) is 8.42 Å². The van der Waals surface area contributed by atoms with Crippen LogP contribution in [0.3, 0.4) is 0 Å². The van der Waals surface area contributed by atoms with Crippen molar-refractivity contribution >= 4 is 49.1 Å². The van der Waals surface area contributed by atoms with Gasteiger partial charge in [-0.15, -0.1) is 0 Å². The quantitative estimate of drug-likeness (QED) is 0.214. The summed E-state index contributed by atoms with van der Waals surface area (Å²) >= 11 is 0. The first-order chi connectivity index (χ1) is 16.7. The highest BCUT2D eigenvalue weighted by Crippen LogP contribution is 2.30. The van der Waals surface area contributed by atoms with Crippen molar-refractivity contribution < 1.29 is 23.1 Å². The fraction of sp³-hybridized carbons (Fsp3) is 0.240. The van der Waals surface area contributed by atoms with Crippen molar-refractivity contribution in [1.82, 2.24) is 10.3 Å². The number of aliphatic hydroxyl groups is 1. The number of hydrogen-bond acceptors (Lipinski definition) is 6. The summed E-state index contributed by atoms with van der Waals surface area (Å²) in [6.45, 7) is 2.69. The van der Waals surface area contributed by atoms with Gasteiger partial charge in [-0.2, -0.15) is 0 Å². The molecule has 1 aromatic heterocycles. The van der Waals surface area contributed by atoms with Crippen LogP contribution in [0, 0.1) is 0 Å². The maximum Gasteiger partial charge on any atom is 0.229 e. The highest BCUT2D eigenvalue weighted by Gasteiger charge is 2.10. The molecule has 9 nitrogen and oxygen atoms in total. The fourth-order valence-electron chi connectivity index (χ4n) is 3.88. The molecule has 0 saturated carbocycles. The van der Waals surface area contributed by atoms with E-state index in [1.54, 1.807) is 24.3 Å². The number of aliphatic hydroxyl groups excluding tert-OH is 1. The molecule has 1 amide bonds. The van der Waals surface area contributed by atoms with E-state index in [1.807, 2.05) is 36.4 Å². The molecule has 1 unspecified atom stereocenters. The Kier molecular flexibility index (Phi) is 7.25. The summed E-state index contributed by atoms with van der Waals surface area (Å²) in [7, 11) is -3.38. The Morgan fingerprint density at radius 1 is 1.03 bits per heavy atom. The second kappa shape index (κ2) is 10.3. The van der Waals surface area contributed by atoms with Crippen molar-refractivity contribution in [2.45, 2.75) is 13.0 Å². The molecule has 4 aromatic rings. The molecule has 0 aliphatic rings. The molecule has 184 valence electrons. The number of aromatic nitrogens is 1. The normalized spacial score (nSPS) is 12.5. The molecule has 1 heterocycles. The summed E-state index contributed by atoms with van der Waals surface area (Å²) in [5, 5.41) is 18.5. The second-order valence-corrected chi connectivity index (χ2v) is 10.1. The van der Waals surface area contributed by atoms with E-state index in [2.05, 4.69) is 20.3 Å². The largest absolute Gasteiger partial charge is 0.492 e. The molecular weight excluding hydrogens is 468 g/mol. The maximum absolute atomic E-state index is 11.4. The van der Waals surface area contributed by atoms with Gasteiger partial charge in [0, 0.05) is 53.7 Å². The van der Waals surface area contributed by atoms with Gasteiger partial charge in [0.25, 0.3) is 0 Å². The van der Waals surface area contributed by atoms with E-state index >= 15 is 0 Å². The van der Waals surface area contributed by atoms with Crippen molar-refractivity contribution in [2.24, 2.45) is 0 Å². The first-order valence-corrected chi connectivity index (χ1v) is 13.0. The number of rotatable bonds is 10. The summed E-state index contributed by atoms with van der Waals surface area (Å²) < 4.78 is 31.0. The molecule has 35 heavy (non-hydrogen) atoms. The highest BCUT2D eigenvalue weighted by molar-refractivity contribution is 7.92. The smallest absolute Gasteiger partial charge is 0.229 e. The molecule has 0 saturated heterocycles. The maximum atomic E-state index is 11.4. The number of fused-ring (bicyclic) bond motifs is 3. The SMILES string of the molecule is CC(=O)Nc1ccc2c(c1)[nH]c1cc(OCCNCC(O)c3cccc(NS(C)(=O)=O)c3)ccc12. The van der Waals surface area contributed by atoms with Crippen molar-refractivity contribution in [3.63, 3.8) is 0 Å². The number of H-pyrrole nitrogens is 1. The second-order valence-electron chi connectivity index (χ2n) is 8.34. The van der Waals surface area contributed by atoms with E-state index in [0.29, 0.717) is 36.7 Å². The molecule has 0 spiro atoms. The van der Waals surface area contributed by atoms with Crippen LogP contribution in [0.5, 0.6) is 5.75 Å². The Morgan fingerprint density at radius 3 is 2.51 bits per heavy atom. The molecule has 4 rings (SSSR count). The third kappa shape index (κ3) is 6.50. The van der Waals surface area contributed by atoms with Gasteiger partial charge in [-0.05, 0) is 42.0 Å². The van der Waals surface area contributed by atoms with Crippen LogP contribution in [0.25, 0.3) is 21.8 Å². The summed E-state index contributed by atoms with van der Waals surface area (Å²) in [5.74, 6) is 0.600. The summed E-state index contributed by atoms with van der Waals surface area (Å²) in [6, 6.07) is 18.3. The van der Waals surface area contributed by atoms with Crippen LogP contribution < -0.4 is 20.1 Å². The number of amides is 1. The van der Waals surface area contributed by atoms with Gasteiger partial charge in [0.15, 0.2) is 0 Å². The Hall–Kier alpha value is -3.60. The molecule has 0 fully saturated rings. The molecule has 0 bridgehead atoms. The fourth-order valence-corrected chi connectivity index (χ4v) is 4.44. The minimum atomic E-state index is -3.38. The lowest BCUT2D eigenvalue weighted by Gasteiger charge is -2.14. The first kappa shape index (κ1) is 24.5. The zero-order chi connectivity index (χ0) is 25.0. The number of nitrogens with one attached hydrogen (secondary N) is 4. The van der Waals surface area contributed by atoms with E-state index in [0.717, 1.165) is 33.7 Å². The third-order valence-corrected chi connectivity index (χ3v) is 5.96. The Balaban J connectivity index is 1.30. The minimum absolute atomic E-state index is 0.116. The van der Waals surface area contributed by atoms with Gasteiger partial charge in [-0.1, -0.05) is 18.2 Å². The van der Waals surface area contributed by atoms with E-state index in [1.165, 1.54) is 6.92 Å². The van der Waals surface area contributed by atoms with Gasteiger partial charge >= 0.3 is 0 Å². The van der Waals surface area contributed by atoms with Gasteiger partial charge in [0.05, 0.1) is 17.9 Å². The van der Waals surface area contributed by atoms with Crippen molar-refractivity contribution in [1.29, 1.82) is 0 Å². The Bertz CT molecular complexity index is 1470. The number of benzene rings is 3. The predicted octanol–water partition coefficient (Wildman–Crippen LogP) is 3.35. The number of sulfonamides is 1. The van der Waals surface area contributed by atoms with Gasteiger partial charge < -0.3 is 25.5 Å². The van der Waals surface area contributed by atoms with Crippen LogP contribution in [0.1, 0.15) is 18.6 Å². The topological polar surface area (TPSA) is 133 Å². The van der Waals surface area contributed by atoms with Crippen LogP contribution in [0.4, 0.5) is 11.4 Å². The lowest BCUT2D eigenvalue weighted by Crippen LogP contribution is -2.26. The average molecular weight is 497 g/mol. The number of carbonyl (C=O) groups is 1. The zero-order valence-corrected chi connectivity index (χ0v) is 20.3. The van der Waals surface area contributed by atoms with Crippen LogP contribution >= 0.6 is 0 Å². The Labute approximate surface area is 203 Å². The van der Waals surface area contributed by atoms with Gasteiger partial charge in [-0.3, -0.25) is 9.52 Å². The summed E-state index contributed by atoms with van der Waals surface area (Å²) in [5.41, 5.74) is 3.61. The van der Waals surface area contributed by atoms with E-state index in [-0.39, 0.29) is 5.91 Å². The number of hydrogen-bond donors (Lipinski definition) is 5. The molecule has 0 radical (unpaired) electrons. The molecule has 3 aromatic carbocycles. The van der Waals surface area contributed by atoms with Gasteiger partial charge in [0.2, 0.25) is 15.9 Å². The number of anilines is 2. The average Bonchev–Trinajstić information content (AvgIpc) is 3.14. The summed E-state index contributed by atoms with van der Waals surface area (Å²) in [6.07, 6.45) is 0.291. The molecule has 5 N–H and O–H groups in total. The zero-order valence-electron chi connectivity index (χ0n) is 19.5. The molecular formula is C25H28N4O5S. The van der Waals surface area contributed by atoms with Crippen LogP contribution in [0.2, 0.25) is 0 Å². The molecule has 0 aliphatic carbocycles. The van der Waals surface area contributed by atoms with Crippen LogP contribution in [-0.2, 0) is 14.8 Å². The van der Waals surface area contributed by atoms with E-state index in [4.69, 9.17) is 4.74 Å². The highest BCUT2D eigenvalue weighted by atomic mass is 32.2. The van der Waals surface area contributed by atoms with Crippen molar-refractivity contribution in [3.8, 4) is 5.75 Å². The van der Waals surface area contributed by atoms with Crippen LogP contribution in [0.15, 0.2) is 60.7 Å². The van der Waals surface area contributed by atoms with Gasteiger partial charge in [0.1, 0.15) is 12.4 Å². The first-order valence-electron chi connectivity index (χ1n) is 11.1. The Morgan fingerprint density at radius 2 is 1.77 bits per heavy atom. The lowest BCUT2D eigenvalue weighted by molar-refractivity contribution is -0.114.